The topological polar surface area (TPSA) is 74.3 Å². The summed E-state index contributed by atoms with van der Waals surface area (Å²) in [6.45, 7) is 7.86. The summed E-state index contributed by atoms with van der Waals surface area (Å²) in [5.74, 6) is 1.12. The highest BCUT2D eigenvalue weighted by Gasteiger charge is 2.18. The van der Waals surface area contributed by atoms with E-state index in [4.69, 9.17) is 0 Å². The molecular weight excluding hydrogens is 352 g/mol. The summed E-state index contributed by atoms with van der Waals surface area (Å²) in [5, 5.41) is 5.75. The Labute approximate surface area is 166 Å². The summed E-state index contributed by atoms with van der Waals surface area (Å²) in [4.78, 5) is 31.3. The van der Waals surface area contributed by atoms with Gasteiger partial charge in [-0.1, -0.05) is 26.8 Å². The molecule has 1 fully saturated rings. The molecule has 6 nitrogen and oxygen atoms in total. The van der Waals surface area contributed by atoms with Crippen LogP contribution < -0.4 is 15.5 Å². The standard InChI is InChI=1S/C22H28N4O2/c1-15(2)21(27)24-18-7-4-8-19(13-18)25-22(28)17-9-10-23-20(12-17)26-11-5-6-16(3)14-26/h4,7-10,12-13,15-16H,5-6,11,14H2,1-3H3,(H,24,27)(H,25,28)/t16-/m0/s1. The second-order valence-electron chi connectivity index (χ2n) is 7.78. The Balaban J connectivity index is 1.69. The molecule has 2 aromatic rings. The summed E-state index contributed by atoms with van der Waals surface area (Å²) in [5.41, 5.74) is 1.87. The Morgan fingerprint density at radius 3 is 2.61 bits per heavy atom. The van der Waals surface area contributed by atoms with Crippen LogP contribution >= 0.6 is 0 Å². The molecule has 0 aliphatic carbocycles. The fraction of sp³-hybridized carbons (Fsp3) is 0.409. The number of carbonyl (C=O) groups is 2. The molecule has 1 aromatic carbocycles. The van der Waals surface area contributed by atoms with E-state index < -0.39 is 0 Å². The lowest BCUT2D eigenvalue weighted by Crippen LogP contribution is -2.34. The van der Waals surface area contributed by atoms with Gasteiger partial charge in [0.15, 0.2) is 0 Å². The van der Waals surface area contributed by atoms with Crippen molar-refractivity contribution in [2.75, 3.05) is 28.6 Å². The van der Waals surface area contributed by atoms with Gasteiger partial charge in [-0.3, -0.25) is 9.59 Å². The third-order valence-electron chi connectivity index (χ3n) is 4.90. The number of benzene rings is 1. The molecule has 2 N–H and O–H groups in total. The van der Waals surface area contributed by atoms with E-state index in [1.165, 1.54) is 6.42 Å². The molecule has 3 rings (SSSR count). The first kappa shape index (κ1) is 19.9. The molecule has 1 atom stereocenters. The summed E-state index contributed by atoms with van der Waals surface area (Å²) >= 11 is 0. The zero-order chi connectivity index (χ0) is 20.1. The van der Waals surface area contributed by atoms with Crippen molar-refractivity contribution < 1.29 is 9.59 Å². The first-order chi connectivity index (χ1) is 13.4. The van der Waals surface area contributed by atoms with Crippen LogP contribution in [-0.2, 0) is 4.79 Å². The first-order valence-corrected chi connectivity index (χ1v) is 9.85. The van der Waals surface area contributed by atoms with Gasteiger partial charge in [0.25, 0.3) is 5.91 Å². The SMILES string of the molecule is CC(C)C(=O)Nc1cccc(NC(=O)c2ccnc(N3CCC[C@H](C)C3)c2)c1. The molecule has 148 valence electrons. The summed E-state index contributed by atoms with van der Waals surface area (Å²) < 4.78 is 0. The Hall–Kier alpha value is -2.89. The van der Waals surface area contributed by atoms with Crippen molar-refractivity contribution in [1.29, 1.82) is 0 Å². The fourth-order valence-corrected chi connectivity index (χ4v) is 3.29. The minimum absolute atomic E-state index is 0.0574. The van der Waals surface area contributed by atoms with Crippen molar-refractivity contribution in [2.45, 2.75) is 33.6 Å². The fourth-order valence-electron chi connectivity index (χ4n) is 3.29. The van der Waals surface area contributed by atoms with E-state index in [1.807, 2.05) is 19.9 Å². The molecule has 28 heavy (non-hydrogen) atoms. The molecule has 0 spiro atoms. The van der Waals surface area contributed by atoms with Crippen LogP contribution in [0.1, 0.15) is 44.0 Å². The molecule has 1 aromatic heterocycles. The molecule has 0 radical (unpaired) electrons. The van der Waals surface area contributed by atoms with Gasteiger partial charge >= 0.3 is 0 Å². The molecular formula is C22H28N4O2. The zero-order valence-corrected chi connectivity index (χ0v) is 16.7. The van der Waals surface area contributed by atoms with Crippen LogP contribution in [0.15, 0.2) is 42.6 Å². The van der Waals surface area contributed by atoms with Crippen molar-refractivity contribution in [1.82, 2.24) is 4.98 Å². The van der Waals surface area contributed by atoms with E-state index in [-0.39, 0.29) is 17.7 Å². The monoisotopic (exact) mass is 380 g/mol. The van der Waals surface area contributed by atoms with E-state index in [1.54, 1.807) is 36.5 Å². The Morgan fingerprint density at radius 1 is 1.14 bits per heavy atom. The number of rotatable bonds is 5. The number of hydrogen-bond donors (Lipinski definition) is 2. The average molecular weight is 380 g/mol. The van der Waals surface area contributed by atoms with Gasteiger partial charge in [-0.05, 0) is 49.1 Å². The Kier molecular flexibility index (Phi) is 6.29. The molecule has 1 aliphatic rings. The maximum Gasteiger partial charge on any atom is 0.255 e. The Bertz CT molecular complexity index is 850. The molecule has 1 aliphatic heterocycles. The predicted molar refractivity (Wildman–Crippen MR) is 113 cm³/mol. The van der Waals surface area contributed by atoms with Gasteiger partial charge in [0.2, 0.25) is 5.91 Å². The average Bonchev–Trinajstić information content (AvgIpc) is 2.68. The molecule has 0 saturated carbocycles. The van der Waals surface area contributed by atoms with Crippen LogP contribution in [-0.4, -0.2) is 29.9 Å². The van der Waals surface area contributed by atoms with Crippen molar-refractivity contribution in [3.63, 3.8) is 0 Å². The molecule has 2 heterocycles. The van der Waals surface area contributed by atoms with Gasteiger partial charge in [-0.15, -0.1) is 0 Å². The molecule has 6 heteroatoms. The number of carbonyl (C=O) groups excluding carboxylic acids is 2. The Morgan fingerprint density at radius 2 is 1.89 bits per heavy atom. The van der Waals surface area contributed by atoms with E-state index in [2.05, 4.69) is 27.4 Å². The largest absolute Gasteiger partial charge is 0.356 e. The second kappa shape index (κ2) is 8.87. The van der Waals surface area contributed by atoms with Gasteiger partial charge in [-0.2, -0.15) is 0 Å². The zero-order valence-electron chi connectivity index (χ0n) is 16.7. The normalized spacial score (nSPS) is 16.7. The summed E-state index contributed by atoms with van der Waals surface area (Å²) in [6.07, 6.45) is 4.07. The number of amides is 2. The number of aromatic nitrogens is 1. The van der Waals surface area contributed by atoms with E-state index in [0.29, 0.717) is 22.9 Å². The van der Waals surface area contributed by atoms with Crippen molar-refractivity contribution >= 4 is 29.0 Å². The molecule has 1 saturated heterocycles. The summed E-state index contributed by atoms with van der Waals surface area (Å²) in [7, 11) is 0. The number of nitrogens with zero attached hydrogens (tertiary/aromatic N) is 2. The second-order valence-corrected chi connectivity index (χ2v) is 7.78. The quantitative estimate of drug-likeness (QED) is 0.817. The maximum atomic E-state index is 12.7. The summed E-state index contributed by atoms with van der Waals surface area (Å²) in [6, 6.07) is 10.7. The lowest BCUT2D eigenvalue weighted by molar-refractivity contribution is -0.118. The van der Waals surface area contributed by atoms with Crippen LogP contribution in [0, 0.1) is 11.8 Å². The van der Waals surface area contributed by atoms with Crippen LogP contribution in [0.5, 0.6) is 0 Å². The van der Waals surface area contributed by atoms with Crippen molar-refractivity contribution in [2.24, 2.45) is 11.8 Å². The highest BCUT2D eigenvalue weighted by molar-refractivity contribution is 6.05. The lowest BCUT2D eigenvalue weighted by Gasteiger charge is -2.31. The molecule has 0 bridgehead atoms. The van der Waals surface area contributed by atoms with Crippen LogP contribution in [0.25, 0.3) is 0 Å². The molecule has 2 amide bonds. The third kappa shape index (κ3) is 5.09. The highest BCUT2D eigenvalue weighted by Crippen LogP contribution is 2.22. The first-order valence-electron chi connectivity index (χ1n) is 9.85. The predicted octanol–water partition coefficient (Wildman–Crippen LogP) is 4.16. The number of nitrogens with one attached hydrogen (secondary N) is 2. The minimum Gasteiger partial charge on any atom is -0.356 e. The van der Waals surface area contributed by atoms with Crippen molar-refractivity contribution in [3.05, 3.63) is 48.2 Å². The van der Waals surface area contributed by atoms with Gasteiger partial charge in [-0.25, -0.2) is 4.98 Å². The van der Waals surface area contributed by atoms with Crippen LogP contribution in [0.3, 0.4) is 0 Å². The van der Waals surface area contributed by atoms with E-state index in [9.17, 15) is 9.59 Å². The van der Waals surface area contributed by atoms with Gasteiger partial charge < -0.3 is 15.5 Å². The minimum atomic E-state index is -0.193. The third-order valence-corrected chi connectivity index (χ3v) is 4.90. The van der Waals surface area contributed by atoms with Crippen LogP contribution in [0.4, 0.5) is 17.2 Å². The number of pyridine rings is 1. The number of piperidine rings is 1. The van der Waals surface area contributed by atoms with E-state index in [0.717, 1.165) is 25.3 Å². The van der Waals surface area contributed by atoms with Gasteiger partial charge in [0.05, 0.1) is 0 Å². The number of hydrogen-bond acceptors (Lipinski definition) is 4. The smallest absolute Gasteiger partial charge is 0.255 e. The van der Waals surface area contributed by atoms with Crippen molar-refractivity contribution in [3.8, 4) is 0 Å². The maximum absolute atomic E-state index is 12.7. The lowest BCUT2D eigenvalue weighted by atomic mass is 10.0. The van der Waals surface area contributed by atoms with Gasteiger partial charge in [0.1, 0.15) is 5.82 Å². The number of anilines is 3. The molecule has 0 unspecified atom stereocenters. The highest BCUT2D eigenvalue weighted by atomic mass is 16.2. The van der Waals surface area contributed by atoms with Gasteiger partial charge in [0, 0.05) is 42.1 Å². The van der Waals surface area contributed by atoms with Crippen LogP contribution in [0.2, 0.25) is 0 Å². The van der Waals surface area contributed by atoms with E-state index >= 15 is 0 Å².